The standard InChI is InChI=1S/C37H32N2/c1-24-5-13-28(14-6-24)32-21-34(30-17-9-26(3)10-18-30)38-36(32)23-37-33(29-15-7-25(2)8-16-29)22-35(39-37)31-19-11-27(4)12-20-31/h5-23,38H,1-4H3/b37-23-. The van der Waals surface area contributed by atoms with Crippen molar-refractivity contribution >= 4 is 17.4 Å². The van der Waals surface area contributed by atoms with Crippen LogP contribution in [0.5, 0.6) is 0 Å². The number of allylic oxidation sites excluding steroid dienone is 2. The van der Waals surface area contributed by atoms with Gasteiger partial charge >= 0.3 is 0 Å². The van der Waals surface area contributed by atoms with Crippen LogP contribution in [0.15, 0.2) is 120 Å². The second-order valence-corrected chi connectivity index (χ2v) is 10.6. The summed E-state index contributed by atoms with van der Waals surface area (Å²) in [6.07, 6.45) is 4.43. The molecule has 0 atom stereocenters. The zero-order valence-corrected chi connectivity index (χ0v) is 22.9. The summed E-state index contributed by atoms with van der Waals surface area (Å²) in [5.74, 6) is 0. The van der Waals surface area contributed by atoms with Crippen molar-refractivity contribution < 1.29 is 0 Å². The van der Waals surface area contributed by atoms with Gasteiger partial charge in [0, 0.05) is 28.1 Å². The lowest BCUT2D eigenvalue weighted by Crippen LogP contribution is -1.93. The average Bonchev–Trinajstić information content (AvgIpc) is 3.55. The molecule has 1 aromatic heterocycles. The van der Waals surface area contributed by atoms with Crippen molar-refractivity contribution in [2.24, 2.45) is 4.99 Å². The summed E-state index contributed by atoms with van der Waals surface area (Å²) in [6.45, 7) is 8.48. The fourth-order valence-corrected chi connectivity index (χ4v) is 4.96. The summed E-state index contributed by atoms with van der Waals surface area (Å²) in [5.41, 5.74) is 16.0. The first kappa shape index (κ1) is 24.6. The molecule has 1 aliphatic rings. The van der Waals surface area contributed by atoms with Crippen molar-refractivity contribution in [3.63, 3.8) is 0 Å². The second kappa shape index (κ2) is 10.2. The van der Waals surface area contributed by atoms with Crippen molar-refractivity contribution in [3.8, 4) is 22.4 Å². The van der Waals surface area contributed by atoms with Crippen LogP contribution in [0.4, 0.5) is 0 Å². The first-order valence-electron chi connectivity index (χ1n) is 13.5. The van der Waals surface area contributed by atoms with Gasteiger partial charge in [-0.2, -0.15) is 0 Å². The summed E-state index contributed by atoms with van der Waals surface area (Å²) in [5, 5.41) is 0. The number of hydrogen-bond acceptors (Lipinski definition) is 1. The Morgan fingerprint density at radius 2 is 1.00 bits per heavy atom. The lowest BCUT2D eigenvalue weighted by molar-refractivity contribution is 1.34. The zero-order valence-electron chi connectivity index (χ0n) is 22.9. The molecule has 2 heterocycles. The Hall–Kier alpha value is -4.69. The minimum Gasteiger partial charge on any atom is -0.354 e. The van der Waals surface area contributed by atoms with Crippen molar-refractivity contribution in [1.82, 2.24) is 4.98 Å². The molecular weight excluding hydrogens is 472 g/mol. The molecule has 2 nitrogen and oxygen atoms in total. The fourth-order valence-electron chi connectivity index (χ4n) is 4.96. The maximum Gasteiger partial charge on any atom is 0.0737 e. The van der Waals surface area contributed by atoms with Gasteiger partial charge in [-0.25, -0.2) is 4.99 Å². The van der Waals surface area contributed by atoms with Crippen molar-refractivity contribution in [2.75, 3.05) is 0 Å². The van der Waals surface area contributed by atoms with E-state index in [1.807, 2.05) is 0 Å². The molecule has 190 valence electrons. The smallest absolute Gasteiger partial charge is 0.0737 e. The summed E-state index contributed by atoms with van der Waals surface area (Å²) in [7, 11) is 0. The van der Waals surface area contributed by atoms with Crippen LogP contribution in [0.25, 0.3) is 34.0 Å². The van der Waals surface area contributed by atoms with E-state index in [9.17, 15) is 0 Å². The minimum absolute atomic E-state index is 0.958. The minimum atomic E-state index is 0.958. The number of nitrogens with one attached hydrogen (secondary N) is 1. The van der Waals surface area contributed by atoms with Gasteiger partial charge in [0.25, 0.3) is 0 Å². The third kappa shape index (κ3) is 5.19. The van der Waals surface area contributed by atoms with Gasteiger partial charge < -0.3 is 4.98 Å². The maximum atomic E-state index is 5.17. The molecular formula is C37H32N2. The fraction of sp³-hybridized carbons (Fsp3) is 0.108. The highest BCUT2D eigenvalue weighted by Gasteiger charge is 2.19. The molecule has 2 heteroatoms. The van der Waals surface area contributed by atoms with E-state index in [1.165, 1.54) is 44.5 Å². The van der Waals surface area contributed by atoms with Crippen LogP contribution in [0.2, 0.25) is 0 Å². The number of nitrogens with zero attached hydrogens (tertiary/aromatic N) is 1. The van der Waals surface area contributed by atoms with Crippen LogP contribution >= 0.6 is 0 Å². The summed E-state index contributed by atoms with van der Waals surface area (Å²) >= 11 is 0. The highest BCUT2D eigenvalue weighted by molar-refractivity contribution is 6.18. The van der Waals surface area contributed by atoms with Gasteiger partial charge in [-0.15, -0.1) is 0 Å². The molecule has 0 saturated carbocycles. The van der Waals surface area contributed by atoms with Crippen LogP contribution in [-0.2, 0) is 0 Å². The van der Waals surface area contributed by atoms with E-state index in [-0.39, 0.29) is 0 Å². The van der Waals surface area contributed by atoms with Crippen molar-refractivity contribution in [3.05, 3.63) is 154 Å². The van der Waals surface area contributed by atoms with E-state index in [1.54, 1.807) is 0 Å². The van der Waals surface area contributed by atoms with Crippen LogP contribution < -0.4 is 0 Å². The van der Waals surface area contributed by atoms with E-state index >= 15 is 0 Å². The van der Waals surface area contributed by atoms with Crippen molar-refractivity contribution in [2.45, 2.75) is 27.7 Å². The van der Waals surface area contributed by atoms with Crippen LogP contribution in [0.1, 0.15) is 39.1 Å². The summed E-state index contributed by atoms with van der Waals surface area (Å²) in [6, 6.07) is 37.0. The number of rotatable bonds is 5. The Morgan fingerprint density at radius 3 is 1.54 bits per heavy atom. The molecule has 6 rings (SSSR count). The predicted molar refractivity (Wildman–Crippen MR) is 166 cm³/mol. The molecule has 4 aromatic carbocycles. The van der Waals surface area contributed by atoms with Crippen molar-refractivity contribution in [1.29, 1.82) is 0 Å². The third-order valence-electron chi connectivity index (χ3n) is 7.36. The second-order valence-electron chi connectivity index (χ2n) is 10.6. The molecule has 0 fully saturated rings. The Labute approximate surface area is 231 Å². The van der Waals surface area contributed by atoms with E-state index in [0.29, 0.717) is 0 Å². The first-order valence-corrected chi connectivity index (χ1v) is 13.5. The largest absolute Gasteiger partial charge is 0.354 e. The Morgan fingerprint density at radius 1 is 0.538 bits per heavy atom. The van der Waals surface area contributed by atoms with Gasteiger partial charge in [0.1, 0.15) is 0 Å². The lowest BCUT2D eigenvalue weighted by Gasteiger charge is -2.06. The number of aromatic amines is 1. The number of aliphatic imine (C=N–C) groups is 1. The molecule has 0 bridgehead atoms. The summed E-state index contributed by atoms with van der Waals surface area (Å²) in [4.78, 5) is 8.90. The molecule has 5 aromatic rings. The lowest BCUT2D eigenvalue weighted by atomic mass is 9.99. The molecule has 0 aliphatic carbocycles. The molecule has 39 heavy (non-hydrogen) atoms. The molecule has 0 radical (unpaired) electrons. The van der Waals surface area contributed by atoms with Crippen LogP contribution in [0.3, 0.4) is 0 Å². The third-order valence-corrected chi connectivity index (χ3v) is 7.36. The highest BCUT2D eigenvalue weighted by atomic mass is 14.8. The van der Waals surface area contributed by atoms with Gasteiger partial charge in [0.15, 0.2) is 0 Å². The normalized spacial score (nSPS) is 14.0. The number of H-pyrrole nitrogens is 1. The zero-order chi connectivity index (χ0) is 26.9. The predicted octanol–water partition coefficient (Wildman–Crippen LogP) is 9.51. The van der Waals surface area contributed by atoms with Crippen LogP contribution in [-0.4, -0.2) is 10.7 Å². The Balaban J connectivity index is 1.51. The molecule has 0 saturated heterocycles. The van der Waals surface area contributed by atoms with Gasteiger partial charge in [-0.3, -0.25) is 0 Å². The highest BCUT2D eigenvalue weighted by Crippen LogP contribution is 2.36. The van der Waals surface area contributed by atoms with Gasteiger partial charge in [-0.05, 0) is 62.6 Å². The number of benzene rings is 4. The molecule has 0 unspecified atom stereocenters. The Bertz CT molecular complexity index is 1720. The Kier molecular flexibility index (Phi) is 6.46. The summed E-state index contributed by atoms with van der Waals surface area (Å²) < 4.78 is 0. The SMILES string of the molecule is Cc1ccc(C2=CC(c3ccc(C)cc3)=N/C2=C\c2[nH]c(-c3ccc(C)cc3)cc2-c2ccc(C)cc2)cc1. The molecule has 0 amide bonds. The average molecular weight is 505 g/mol. The molecule has 1 aliphatic heterocycles. The maximum absolute atomic E-state index is 5.17. The van der Waals surface area contributed by atoms with E-state index in [0.717, 1.165) is 33.9 Å². The van der Waals surface area contributed by atoms with E-state index < -0.39 is 0 Å². The van der Waals surface area contributed by atoms with E-state index in [2.05, 4.69) is 148 Å². The first-order chi connectivity index (χ1) is 18.9. The van der Waals surface area contributed by atoms with Gasteiger partial charge in [-0.1, -0.05) is 119 Å². The number of hydrogen-bond donors (Lipinski definition) is 1. The van der Waals surface area contributed by atoms with Gasteiger partial charge in [0.05, 0.1) is 11.4 Å². The number of aromatic nitrogens is 1. The monoisotopic (exact) mass is 504 g/mol. The number of aryl methyl sites for hydroxylation is 4. The molecule has 0 spiro atoms. The topological polar surface area (TPSA) is 28.1 Å². The quantitative estimate of drug-likeness (QED) is 0.247. The molecule has 1 N–H and O–H groups in total. The van der Waals surface area contributed by atoms with Gasteiger partial charge in [0.2, 0.25) is 0 Å². The van der Waals surface area contributed by atoms with Crippen LogP contribution in [0, 0.1) is 27.7 Å². The van der Waals surface area contributed by atoms with E-state index in [4.69, 9.17) is 4.99 Å².